The van der Waals surface area contributed by atoms with Crippen molar-refractivity contribution in [3.8, 4) is 10.4 Å². The number of hydrogen-bond acceptors (Lipinski definition) is 6. The highest BCUT2D eigenvalue weighted by Gasteiger charge is 2.23. The van der Waals surface area contributed by atoms with Crippen LogP contribution < -0.4 is 5.32 Å². The van der Waals surface area contributed by atoms with Crippen molar-refractivity contribution in [3.63, 3.8) is 0 Å². The minimum absolute atomic E-state index is 0.0225. The van der Waals surface area contributed by atoms with Crippen molar-refractivity contribution in [2.45, 2.75) is 79.9 Å². The molecule has 1 atom stereocenters. The zero-order chi connectivity index (χ0) is 24.0. The third-order valence-electron chi connectivity index (χ3n) is 3.61. The lowest BCUT2D eigenvalue weighted by Crippen LogP contribution is -2.35. The van der Waals surface area contributed by atoms with Gasteiger partial charge in [-0.15, -0.1) is 11.3 Å². The number of benzene rings is 1. The molecular weight excluding hydrogens is 412 g/mol. The van der Waals surface area contributed by atoms with Gasteiger partial charge in [-0.1, -0.05) is 58.4 Å². The largest absolute Gasteiger partial charge is 0.469 e. The zero-order valence-electron chi connectivity index (χ0n) is 20.4. The summed E-state index contributed by atoms with van der Waals surface area (Å²) in [4.78, 5) is 29.2. The van der Waals surface area contributed by atoms with E-state index < -0.39 is 23.7 Å². The maximum atomic E-state index is 12.1. The molecule has 0 aliphatic rings. The Morgan fingerprint density at radius 1 is 1.13 bits per heavy atom. The second-order valence-corrected chi connectivity index (χ2v) is 8.43. The molecule has 1 heterocycles. The van der Waals surface area contributed by atoms with Crippen LogP contribution >= 0.6 is 11.3 Å². The third kappa shape index (κ3) is 11.0. The summed E-state index contributed by atoms with van der Waals surface area (Å²) < 4.78 is 10.0. The van der Waals surface area contributed by atoms with Crippen molar-refractivity contribution >= 4 is 23.4 Å². The van der Waals surface area contributed by atoms with E-state index in [1.165, 1.54) is 13.5 Å². The lowest BCUT2D eigenvalue weighted by Gasteiger charge is -2.23. The number of methoxy groups -OCH3 is 1. The van der Waals surface area contributed by atoms with Crippen LogP contribution in [0.5, 0.6) is 0 Å². The fourth-order valence-corrected chi connectivity index (χ4v) is 3.21. The van der Waals surface area contributed by atoms with Gasteiger partial charge in [0.2, 0.25) is 0 Å². The monoisotopic (exact) mass is 450 g/mol. The number of esters is 1. The van der Waals surface area contributed by atoms with E-state index >= 15 is 0 Å². The summed E-state index contributed by atoms with van der Waals surface area (Å²) in [5, 5.41) is 2.75. The number of thiazole rings is 1. The number of aryl methyl sites for hydroxylation is 1. The lowest BCUT2D eigenvalue weighted by molar-refractivity contribution is -0.141. The normalized spacial score (nSPS) is 11.1. The second kappa shape index (κ2) is 14.6. The summed E-state index contributed by atoms with van der Waals surface area (Å²) in [6, 6.07) is 7.15. The Morgan fingerprint density at radius 2 is 1.68 bits per heavy atom. The average Bonchev–Trinajstić information content (AvgIpc) is 3.14. The van der Waals surface area contributed by atoms with E-state index in [1.54, 1.807) is 32.1 Å². The molecule has 6 nitrogen and oxygen atoms in total. The topological polar surface area (TPSA) is 77.5 Å². The minimum atomic E-state index is -0.618. The van der Waals surface area contributed by atoms with Crippen LogP contribution in [-0.4, -0.2) is 29.8 Å². The Morgan fingerprint density at radius 3 is 2.10 bits per heavy atom. The van der Waals surface area contributed by atoms with Crippen LogP contribution in [0.3, 0.4) is 0 Å². The zero-order valence-corrected chi connectivity index (χ0v) is 21.2. The predicted molar refractivity (Wildman–Crippen MR) is 128 cm³/mol. The predicted octanol–water partition coefficient (Wildman–Crippen LogP) is 6.69. The first-order valence-corrected chi connectivity index (χ1v) is 11.6. The van der Waals surface area contributed by atoms with E-state index in [1.807, 2.05) is 50.5 Å². The molecule has 1 unspecified atom stereocenters. The maximum Gasteiger partial charge on any atom is 0.408 e. The van der Waals surface area contributed by atoms with Gasteiger partial charge in [0.05, 0.1) is 35.7 Å². The Balaban J connectivity index is 0.00000165. The van der Waals surface area contributed by atoms with Crippen LogP contribution in [0.15, 0.2) is 29.8 Å². The molecule has 0 saturated heterocycles. The Kier molecular flexibility index (Phi) is 13.4. The van der Waals surface area contributed by atoms with E-state index in [2.05, 4.69) is 24.1 Å². The van der Waals surface area contributed by atoms with Crippen molar-refractivity contribution in [2.24, 2.45) is 0 Å². The Labute approximate surface area is 191 Å². The quantitative estimate of drug-likeness (QED) is 0.513. The van der Waals surface area contributed by atoms with Crippen LogP contribution in [0.4, 0.5) is 4.79 Å². The summed E-state index contributed by atoms with van der Waals surface area (Å²) in [6.07, 6.45) is 0.697. The number of carbonyl (C=O) groups is 2. The minimum Gasteiger partial charge on any atom is -0.469 e. The van der Waals surface area contributed by atoms with Gasteiger partial charge in [-0.25, -0.2) is 9.78 Å². The van der Waals surface area contributed by atoms with E-state index in [4.69, 9.17) is 9.47 Å². The SMILES string of the molecule is CC.CCC.COC(=O)CC(NC(=O)OC(C)(C)C)c1ccc(-c2scnc2C)cc1. The van der Waals surface area contributed by atoms with Crippen molar-refractivity contribution in [3.05, 3.63) is 41.0 Å². The number of rotatable bonds is 5. The molecule has 2 rings (SSSR count). The van der Waals surface area contributed by atoms with Crippen LogP contribution in [0.2, 0.25) is 0 Å². The van der Waals surface area contributed by atoms with Crippen molar-refractivity contribution < 1.29 is 19.1 Å². The van der Waals surface area contributed by atoms with Crippen LogP contribution in [0.1, 0.15) is 78.6 Å². The van der Waals surface area contributed by atoms with E-state index in [0.717, 1.165) is 21.7 Å². The molecule has 1 N–H and O–H groups in total. The molecular formula is C24H38N2O4S. The summed E-state index contributed by atoms with van der Waals surface area (Å²) in [7, 11) is 1.32. The van der Waals surface area contributed by atoms with Gasteiger partial charge in [0.1, 0.15) is 5.60 Å². The van der Waals surface area contributed by atoms with Crippen molar-refractivity contribution in [1.82, 2.24) is 10.3 Å². The number of carbonyl (C=O) groups excluding carboxylic acids is 2. The highest BCUT2D eigenvalue weighted by Crippen LogP contribution is 2.29. The smallest absolute Gasteiger partial charge is 0.408 e. The second-order valence-electron chi connectivity index (χ2n) is 7.58. The highest BCUT2D eigenvalue weighted by atomic mass is 32.1. The van der Waals surface area contributed by atoms with Gasteiger partial charge in [0.25, 0.3) is 0 Å². The first-order chi connectivity index (χ1) is 14.6. The molecule has 2 aromatic rings. The molecule has 0 aliphatic carbocycles. The van der Waals surface area contributed by atoms with Gasteiger partial charge < -0.3 is 14.8 Å². The average molecular weight is 451 g/mol. The molecule has 0 bridgehead atoms. The van der Waals surface area contributed by atoms with Gasteiger partial charge in [-0.2, -0.15) is 0 Å². The molecule has 0 saturated carbocycles. The number of aromatic nitrogens is 1. The number of hydrogen-bond donors (Lipinski definition) is 1. The van der Waals surface area contributed by atoms with Gasteiger partial charge in [0, 0.05) is 0 Å². The number of alkyl carbamates (subject to hydrolysis) is 1. The molecule has 1 aromatic heterocycles. The molecule has 0 radical (unpaired) electrons. The Bertz CT molecular complexity index is 780. The van der Waals surface area contributed by atoms with E-state index in [-0.39, 0.29) is 6.42 Å². The summed E-state index contributed by atoms with van der Waals surface area (Å²) >= 11 is 1.57. The fraction of sp³-hybridized carbons (Fsp3) is 0.542. The number of ether oxygens (including phenoxy) is 2. The molecule has 174 valence electrons. The Hall–Kier alpha value is -2.41. The van der Waals surface area contributed by atoms with Gasteiger partial charge in [-0.05, 0) is 38.8 Å². The number of amides is 1. The highest BCUT2D eigenvalue weighted by molar-refractivity contribution is 7.13. The molecule has 0 fully saturated rings. The van der Waals surface area contributed by atoms with E-state index in [0.29, 0.717) is 0 Å². The molecule has 0 spiro atoms. The summed E-state index contributed by atoms with van der Waals surface area (Å²) in [6.45, 7) is 15.6. The van der Waals surface area contributed by atoms with Crippen LogP contribution in [0.25, 0.3) is 10.4 Å². The van der Waals surface area contributed by atoms with E-state index in [9.17, 15) is 9.59 Å². The van der Waals surface area contributed by atoms with Gasteiger partial charge in [0.15, 0.2) is 0 Å². The van der Waals surface area contributed by atoms with Gasteiger partial charge in [-0.3, -0.25) is 4.79 Å². The molecule has 7 heteroatoms. The molecule has 1 aromatic carbocycles. The van der Waals surface area contributed by atoms with Crippen LogP contribution in [-0.2, 0) is 14.3 Å². The lowest BCUT2D eigenvalue weighted by atomic mass is 10.0. The van der Waals surface area contributed by atoms with Crippen molar-refractivity contribution in [1.29, 1.82) is 0 Å². The molecule has 0 aliphatic heterocycles. The first kappa shape index (κ1) is 28.6. The van der Waals surface area contributed by atoms with Crippen molar-refractivity contribution in [2.75, 3.05) is 7.11 Å². The third-order valence-corrected chi connectivity index (χ3v) is 4.59. The number of nitrogens with one attached hydrogen (secondary N) is 1. The molecule has 31 heavy (non-hydrogen) atoms. The van der Waals surface area contributed by atoms with Gasteiger partial charge >= 0.3 is 12.1 Å². The standard InChI is InChI=1S/C19H24N2O4S.C3H8.C2H6/c1-12-17(26-11-20-12)14-8-6-13(7-9-14)15(10-16(22)24-5)21-18(23)25-19(2,3)4;1-3-2;1-2/h6-9,11,15H,10H2,1-5H3,(H,21,23);3H2,1-2H3;1-2H3. The first-order valence-electron chi connectivity index (χ1n) is 10.7. The fourth-order valence-electron chi connectivity index (χ4n) is 2.40. The van der Waals surface area contributed by atoms with Crippen LogP contribution in [0, 0.1) is 6.92 Å². The molecule has 1 amide bonds. The summed E-state index contributed by atoms with van der Waals surface area (Å²) in [5.41, 5.74) is 4.01. The number of nitrogens with zero attached hydrogens (tertiary/aromatic N) is 1. The summed E-state index contributed by atoms with van der Waals surface area (Å²) in [5.74, 6) is -0.409. The maximum absolute atomic E-state index is 12.1.